The summed E-state index contributed by atoms with van der Waals surface area (Å²) in [7, 11) is 1.39. The van der Waals surface area contributed by atoms with Gasteiger partial charge in [-0.15, -0.1) is 0 Å². The Morgan fingerprint density at radius 2 is 1.80 bits per heavy atom. The second-order valence-electron chi connectivity index (χ2n) is 11.5. The fourth-order valence-corrected chi connectivity index (χ4v) is 6.87. The summed E-state index contributed by atoms with van der Waals surface area (Å²) in [4.78, 5) is 24.7. The Morgan fingerprint density at radius 3 is 2.49 bits per heavy atom. The molecule has 3 fully saturated rings. The van der Waals surface area contributed by atoms with Gasteiger partial charge in [-0.2, -0.15) is 5.26 Å². The van der Waals surface area contributed by atoms with Gasteiger partial charge < -0.3 is 25.0 Å². The molecule has 41 heavy (non-hydrogen) atoms. The predicted molar refractivity (Wildman–Crippen MR) is 148 cm³/mol. The number of anilines is 1. The number of carboxylic acid groups (broad SMARTS) is 1. The van der Waals surface area contributed by atoms with Crippen LogP contribution >= 0.6 is 0 Å². The molecule has 3 aliphatic rings. The predicted octanol–water partition coefficient (Wildman–Crippen LogP) is 4.67. The van der Waals surface area contributed by atoms with Crippen molar-refractivity contribution in [2.75, 3.05) is 12.4 Å². The fourth-order valence-electron chi connectivity index (χ4n) is 6.87. The zero-order valence-electron chi connectivity index (χ0n) is 23.2. The number of nitrogens with one attached hydrogen (secondary N) is 2. The maximum Gasteiger partial charge on any atom is 0.306 e. The lowest BCUT2D eigenvalue weighted by atomic mass is 9.83. The normalized spacial score (nSPS) is 27.6. The molecule has 3 aliphatic carbocycles. The molecular weight excluding hydrogens is 529 g/mol. The van der Waals surface area contributed by atoms with E-state index in [2.05, 4.69) is 16.7 Å². The van der Waals surface area contributed by atoms with Crippen LogP contribution in [0, 0.1) is 47.7 Å². The highest BCUT2D eigenvalue weighted by Crippen LogP contribution is 2.49. The van der Waals surface area contributed by atoms with Crippen LogP contribution in [0.15, 0.2) is 30.3 Å². The Labute approximate surface area is 238 Å². The molecule has 0 aromatic heterocycles. The van der Waals surface area contributed by atoms with Crippen molar-refractivity contribution in [3.05, 3.63) is 52.8 Å². The zero-order valence-corrected chi connectivity index (χ0v) is 23.2. The molecule has 1 unspecified atom stereocenters. The Hall–Kier alpha value is -3.68. The average molecular weight is 566 g/mol. The van der Waals surface area contributed by atoms with Gasteiger partial charge in [-0.05, 0) is 87.5 Å². The summed E-state index contributed by atoms with van der Waals surface area (Å²) in [5, 5.41) is 36.1. The highest BCUT2D eigenvalue weighted by Gasteiger charge is 2.51. The number of carbonyl (C=O) groups excluding carboxylic acids is 1. The summed E-state index contributed by atoms with van der Waals surface area (Å²) in [5.74, 6) is -1.94. The van der Waals surface area contributed by atoms with Crippen molar-refractivity contribution in [2.24, 2.45) is 23.7 Å². The number of hydrogen-bond donors (Lipinski definition) is 4. The Bertz CT molecular complexity index is 1350. The highest BCUT2D eigenvalue weighted by atomic mass is 19.1. The number of ether oxygens (including phenoxy) is 2. The van der Waals surface area contributed by atoms with Crippen LogP contribution < -0.4 is 20.1 Å². The first-order valence-corrected chi connectivity index (χ1v) is 14.2. The number of fused-ring (bicyclic) bond motifs is 2. The molecule has 218 valence electrons. The molecule has 0 radical (unpaired) electrons. The molecule has 0 aliphatic heterocycles. The standard InChI is InChI=1S/C31H36FN3O6/c1-16-3-8-21(12-20(16)15-33)34-30(37)27-18-4-5-19(11-18)28(27)35-29(36)23-13-26(24(32)14-25(23)40-2)41-22-9-6-17(7-10-22)31(38)39/h3,8,12-14,17-19,22,27-29,35-36H,4-7,9-11H2,1-2H3,(H,34,37)(H,38,39)/t17-,18-,19+,22+,27+,28-,29?/m1/s1. The lowest BCUT2D eigenvalue weighted by Gasteiger charge is -2.33. The van der Waals surface area contributed by atoms with Gasteiger partial charge in [0.1, 0.15) is 12.0 Å². The Morgan fingerprint density at radius 1 is 1.07 bits per heavy atom. The molecule has 1 amide bonds. The van der Waals surface area contributed by atoms with Crippen LogP contribution in [0.1, 0.15) is 67.9 Å². The number of aliphatic hydroxyl groups excluding tert-OH is 1. The summed E-state index contributed by atoms with van der Waals surface area (Å²) in [6.45, 7) is 1.84. The minimum absolute atomic E-state index is 0.0321. The van der Waals surface area contributed by atoms with Gasteiger partial charge in [0.25, 0.3) is 0 Å². The van der Waals surface area contributed by atoms with Crippen molar-refractivity contribution in [2.45, 2.75) is 70.2 Å². The van der Waals surface area contributed by atoms with E-state index in [9.17, 15) is 29.5 Å². The Kier molecular flexibility index (Phi) is 8.47. The number of aliphatic hydroxyl groups is 1. The van der Waals surface area contributed by atoms with Crippen LogP contribution in [0.2, 0.25) is 0 Å². The van der Waals surface area contributed by atoms with E-state index in [1.54, 1.807) is 18.2 Å². The van der Waals surface area contributed by atoms with E-state index < -0.39 is 23.9 Å². The monoisotopic (exact) mass is 565 g/mol. The number of rotatable bonds is 9. The number of nitriles is 1. The SMILES string of the molecule is COc1cc(F)c(O[C@H]2CC[C@@H](C(=O)O)CC2)cc1C(O)N[C@@H]1[C@H]2CC[C@H](C2)[C@@H]1C(=O)Nc1ccc(C)c(C#N)c1. The summed E-state index contributed by atoms with van der Waals surface area (Å²) in [6.07, 6.45) is 3.08. The van der Waals surface area contributed by atoms with Gasteiger partial charge in [0.05, 0.1) is 36.7 Å². The number of halogens is 1. The minimum atomic E-state index is -1.25. The number of carbonyl (C=O) groups is 2. The first-order valence-electron chi connectivity index (χ1n) is 14.2. The van der Waals surface area contributed by atoms with Crippen LogP contribution in [0.3, 0.4) is 0 Å². The summed E-state index contributed by atoms with van der Waals surface area (Å²) in [6, 6.07) is 9.67. The van der Waals surface area contributed by atoms with E-state index >= 15 is 0 Å². The average Bonchev–Trinajstić information content (AvgIpc) is 3.57. The number of amides is 1. The smallest absolute Gasteiger partial charge is 0.306 e. The molecule has 2 bridgehead atoms. The third-order valence-electron chi connectivity index (χ3n) is 9.09. The molecule has 0 saturated heterocycles. The van der Waals surface area contributed by atoms with Crippen LogP contribution in [0.4, 0.5) is 10.1 Å². The lowest BCUT2D eigenvalue weighted by Crippen LogP contribution is -2.47. The topological polar surface area (TPSA) is 141 Å². The molecule has 5 rings (SSSR count). The molecule has 2 aromatic carbocycles. The lowest BCUT2D eigenvalue weighted by molar-refractivity contribution is -0.143. The molecular formula is C31H36FN3O6. The number of nitrogens with zero attached hydrogens (tertiary/aromatic N) is 1. The van der Waals surface area contributed by atoms with Gasteiger partial charge in [0.15, 0.2) is 11.6 Å². The highest BCUT2D eigenvalue weighted by molar-refractivity contribution is 5.94. The van der Waals surface area contributed by atoms with E-state index in [-0.39, 0.29) is 47.3 Å². The van der Waals surface area contributed by atoms with Crippen LogP contribution in [-0.2, 0) is 9.59 Å². The molecule has 2 aromatic rings. The van der Waals surface area contributed by atoms with Gasteiger partial charge in [-0.25, -0.2) is 4.39 Å². The van der Waals surface area contributed by atoms with Gasteiger partial charge in [0.2, 0.25) is 5.91 Å². The van der Waals surface area contributed by atoms with E-state index in [0.717, 1.165) is 24.8 Å². The van der Waals surface area contributed by atoms with Crippen LogP contribution in [-0.4, -0.2) is 41.3 Å². The number of aryl methyl sites for hydroxylation is 1. The van der Waals surface area contributed by atoms with Gasteiger partial charge in [-0.1, -0.05) is 6.07 Å². The first kappa shape index (κ1) is 28.8. The second-order valence-corrected chi connectivity index (χ2v) is 11.5. The molecule has 4 N–H and O–H groups in total. The summed E-state index contributed by atoms with van der Waals surface area (Å²) < 4.78 is 26.3. The number of carboxylic acids is 1. The third-order valence-corrected chi connectivity index (χ3v) is 9.09. The number of benzene rings is 2. The molecule has 0 heterocycles. The van der Waals surface area contributed by atoms with Crippen molar-refractivity contribution in [1.82, 2.24) is 5.32 Å². The van der Waals surface area contributed by atoms with Gasteiger partial charge in [-0.3, -0.25) is 14.9 Å². The summed E-state index contributed by atoms with van der Waals surface area (Å²) in [5.41, 5.74) is 2.18. The third kappa shape index (κ3) is 6.02. The van der Waals surface area contributed by atoms with E-state index in [1.807, 2.05) is 6.92 Å². The maximum absolute atomic E-state index is 14.9. The first-order chi connectivity index (χ1) is 19.7. The van der Waals surface area contributed by atoms with Crippen molar-refractivity contribution in [3.63, 3.8) is 0 Å². The van der Waals surface area contributed by atoms with Crippen molar-refractivity contribution in [3.8, 4) is 17.6 Å². The van der Waals surface area contributed by atoms with Gasteiger partial charge in [0, 0.05) is 23.4 Å². The quantitative estimate of drug-likeness (QED) is 0.322. The molecule has 5 atom stereocenters. The minimum Gasteiger partial charge on any atom is -0.496 e. The van der Waals surface area contributed by atoms with E-state index in [1.165, 1.54) is 19.2 Å². The van der Waals surface area contributed by atoms with E-state index in [0.29, 0.717) is 42.5 Å². The van der Waals surface area contributed by atoms with E-state index in [4.69, 9.17) is 9.47 Å². The van der Waals surface area contributed by atoms with Crippen molar-refractivity contribution in [1.29, 1.82) is 5.26 Å². The van der Waals surface area contributed by atoms with Crippen molar-refractivity contribution >= 4 is 17.6 Å². The zero-order chi connectivity index (χ0) is 29.3. The molecule has 0 spiro atoms. The number of methoxy groups -OCH3 is 1. The maximum atomic E-state index is 14.9. The Balaban J connectivity index is 1.31. The molecule has 3 saturated carbocycles. The van der Waals surface area contributed by atoms with Crippen molar-refractivity contribution < 1.29 is 33.7 Å². The summed E-state index contributed by atoms with van der Waals surface area (Å²) >= 11 is 0. The second kappa shape index (κ2) is 12.0. The largest absolute Gasteiger partial charge is 0.496 e. The molecule has 10 heteroatoms. The number of aliphatic carboxylic acids is 1. The molecule has 9 nitrogen and oxygen atoms in total. The number of hydrogen-bond acceptors (Lipinski definition) is 7. The van der Waals surface area contributed by atoms with Crippen LogP contribution in [0.5, 0.6) is 11.5 Å². The fraction of sp³-hybridized carbons (Fsp3) is 0.516. The van der Waals surface area contributed by atoms with Gasteiger partial charge >= 0.3 is 5.97 Å². The van der Waals surface area contributed by atoms with Crippen LogP contribution in [0.25, 0.3) is 0 Å².